The van der Waals surface area contributed by atoms with Gasteiger partial charge < -0.3 is 5.73 Å². The molecule has 21 heavy (non-hydrogen) atoms. The summed E-state index contributed by atoms with van der Waals surface area (Å²) in [6.45, 7) is 6.17. The number of aromatic nitrogens is 1. The molecule has 0 aliphatic heterocycles. The Bertz CT molecular complexity index is 711. The van der Waals surface area contributed by atoms with Crippen LogP contribution in [0.15, 0.2) is 17.5 Å². The molecule has 2 rings (SSSR count). The smallest absolute Gasteiger partial charge is 0.235 e. The zero-order valence-corrected chi connectivity index (χ0v) is 14.7. The summed E-state index contributed by atoms with van der Waals surface area (Å²) in [6, 6.07) is 3.91. The average Bonchev–Trinajstić information content (AvgIpc) is 2.92. The predicted molar refractivity (Wildman–Crippen MR) is 90.2 cm³/mol. The van der Waals surface area contributed by atoms with Crippen molar-refractivity contribution in [1.29, 1.82) is 0 Å². The van der Waals surface area contributed by atoms with E-state index < -0.39 is 10.0 Å². The highest BCUT2D eigenvalue weighted by atomic mass is 32.2. The summed E-state index contributed by atoms with van der Waals surface area (Å²) in [4.78, 5) is 6.41. The molecule has 0 atom stereocenters. The maximum Gasteiger partial charge on any atom is 0.235 e. The molecular weight excluding hydrogens is 326 g/mol. The Morgan fingerprint density at radius 2 is 2.05 bits per heavy atom. The van der Waals surface area contributed by atoms with E-state index in [0.717, 1.165) is 15.4 Å². The summed E-state index contributed by atoms with van der Waals surface area (Å²) < 4.78 is 26.7. The van der Waals surface area contributed by atoms with Crippen LogP contribution in [0.5, 0.6) is 0 Å². The zero-order valence-electron chi connectivity index (χ0n) is 12.2. The Labute approximate surface area is 133 Å². The second kappa shape index (κ2) is 6.04. The summed E-state index contributed by atoms with van der Waals surface area (Å²) in [5.74, 6) is 0.0608. The second-order valence-corrected chi connectivity index (χ2v) is 9.68. The molecule has 0 spiro atoms. The zero-order chi connectivity index (χ0) is 15.7. The van der Waals surface area contributed by atoms with E-state index in [2.05, 4.69) is 9.71 Å². The largest absolute Gasteiger partial charge is 0.326 e. The predicted octanol–water partition coefficient (Wildman–Crippen LogP) is 3.12. The fourth-order valence-corrected chi connectivity index (χ4v) is 5.37. The molecule has 0 bridgehead atoms. The van der Waals surface area contributed by atoms with E-state index >= 15 is 0 Å². The van der Waals surface area contributed by atoms with Crippen LogP contribution in [0.4, 0.5) is 5.13 Å². The average molecular weight is 346 g/mol. The van der Waals surface area contributed by atoms with Crippen molar-refractivity contribution in [2.75, 3.05) is 10.5 Å². The fourth-order valence-electron chi connectivity index (χ4n) is 1.80. The Morgan fingerprint density at radius 1 is 1.33 bits per heavy atom. The van der Waals surface area contributed by atoms with Crippen molar-refractivity contribution >= 4 is 37.8 Å². The Kier molecular flexibility index (Phi) is 4.72. The lowest BCUT2D eigenvalue weighted by Crippen LogP contribution is -2.26. The minimum Gasteiger partial charge on any atom is -0.326 e. The number of hydrogen-bond acceptors (Lipinski definition) is 6. The van der Waals surface area contributed by atoms with Gasteiger partial charge in [0.05, 0.1) is 16.3 Å². The molecule has 0 aromatic carbocycles. The van der Waals surface area contributed by atoms with Crippen molar-refractivity contribution in [3.63, 3.8) is 0 Å². The Hall–Kier alpha value is -0.960. The number of thiazole rings is 1. The van der Waals surface area contributed by atoms with Crippen LogP contribution < -0.4 is 10.5 Å². The van der Waals surface area contributed by atoms with Crippen molar-refractivity contribution in [3.05, 3.63) is 22.4 Å². The van der Waals surface area contributed by atoms with Gasteiger partial charge in [-0.3, -0.25) is 4.72 Å². The van der Waals surface area contributed by atoms with E-state index in [1.807, 2.05) is 38.3 Å². The molecule has 0 aliphatic carbocycles. The molecule has 0 saturated carbocycles. The minimum absolute atomic E-state index is 0.0608. The van der Waals surface area contributed by atoms with E-state index in [9.17, 15) is 8.42 Å². The number of nitrogens with two attached hydrogens (primary N) is 1. The van der Waals surface area contributed by atoms with Gasteiger partial charge in [0.25, 0.3) is 0 Å². The van der Waals surface area contributed by atoms with Crippen LogP contribution in [0.25, 0.3) is 10.6 Å². The first-order valence-electron chi connectivity index (χ1n) is 6.44. The van der Waals surface area contributed by atoms with Crippen molar-refractivity contribution in [2.45, 2.75) is 27.3 Å². The van der Waals surface area contributed by atoms with Crippen molar-refractivity contribution in [3.8, 4) is 10.6 Å². The van der Waals surface area contributed by atoms with Crippen LogP contribution in [-0.4, -0.2) is 19.2 Å². The van der Waals surface area contributed by atoms with Crippen LogP contribution in [-0.2, 0) is 16.6 Å². The first-order valence-corrected chi connectivity index (χ1v) is 9.78. The molecule has 0 aliphatic rings. The SMILES string of the molecule is CC(C)(C)CS(=O)(=O)Nc1nc(-c2ccc(CN)s2)cs1. The lowest BCUT2D eigenvalue weighted by Gasteiger charge is -2.17. The van der Waals surface area contributed by atoms with Gasteiger partial charge in [0.15, 0.2) is 5.13 Å². The maximum absolute atomic E-state index is 12.1. The highest BCUT2D eigenvalue weighted by molar-refractivity contribution is 7.92. The molecule has 8 heteroatoms. The van der Waals surface area contributed by atoms with Crippen molar-refractivity contribution in [2.24, 2.45) is 11.1 Å². The normalized spacial score (nSPS) is 12.6. The van der Waals surface area contributed by atoms with Crippen LogP contribution >= 0.6 is 22.7 Å². The first kappa shape index (κ1) is 16.4. The summed E-state index contributed by atoms with van der Waals surface area (Å²) in [5.41, 5.74) is 6.07. The maximum atomic E-state index is 12.1. The molecular formula is C13H19N3O2S3. The molecule has 2 aromatic rings. The monoisotopic (exact) mass is 345 g/mol. The molecule has 0 unspecified atom stereocenters. The molecule has 3 N–H and O–H groups in total. The van der Waals surface area contributed by atoms with Crippen LogP contribution in [0.2, 0.25) is 0 Å². The van der Waals surface area contributed by atoms with Gasteiger partial charge in [-0.2, -0.15) is 0 Å². The molecule has 5 nitrogen and oxygen atoms in total. The third-order valence-electron chi connectivity index (χ3n) is 2.49. The number of sulfonamides is 1. The Balaban J connectivity index is 2.13. The molecule has 116 valence electrons. The lowest BCUT2D eigenvalue weighted by molar-refractivity contribution is 0.463. The van der Waals surface area contributed by atoms with E-state index in [-0.39, 0.29) is 11.2 Å². The van der Waals surface area contributed by atoms with Crippen LogP contribution in [0.3, 0.4) is 0 Å². The number of hydrogen-bond donors (Lipinski definition) is 2. The third-order valence-corrected chi connectivity index (χ3v) is 6.25. The van der Waals surface area contributed by atoms with E-state index in [1.54, 1.807) is 11.3 Å². The van der Waals surface area contributed by atoms with Gasteiger partial charge in [-0.15, -0.1) is 22.7 Å². The van der Waals surface area contributed by atoms with Gasteiger partial charge in [-0.1, -0.05) is 20.8 Å². The van der Waals surface area contributed by atoms with Crippen molar-refractivity contribution < 1.29 is 8.42 Å². The van der Waals surface area contributed by atoms with Gasteiger partial charge in [0, 0.05) is 16.8 Å². The van der Waals surface area contributed by atoms with Gasteiger partial charge in [0.2, 0.25) is 10.0 Å². The van der Waals surface area contributed by atoms with E-state index in [0.29, 0.717) is 11.7 Å². The molecule has 2 aromatic heterocycles. The standard InChI is InChI=1S/C13H19N3O2S3/c1-13(2,3)8-21(17,18)16-12-15-10(7-19-12)11-5-4-9(6-14)20-11/h4-5,7H,6,8,14H2,1-3H3,(H,15,16). The molecule has 2 heterocycles. The molecule has 0 fully saturated rings. The van der Waals surface area contributed by atoms with Crippen molar-refractivity contribution in [1.82, 2.24) is 4.98 Å². The van der Waals surface area contributed by atoms with E-state index in [1.165, 1.54) is 11.3 Å². The fraction of sp³-hybridized carbons (Fsp3) is 0.462. The van der Waals surface area contributed by atoms with Crippen LogP contribution in [0.1, 0.15) is 25.6 Å². The first-order chi connectivity index (χ1) is 9.68. The number of anilines is 1. The number of rotatable bonds is 5. The summed E-state index contributed by atoms with van der Waals surface area (Å²) in [7, 11) is -3.38. The third kappa shape index (κ3) is 4.77. The van der Waals surface area contributed by atoms with Gasteiger partial charge in [-0.25, -0.2) is 13.4 Å². The molecule has 0 amide bonds. The Morgan fingerprint density at radius 3 is 2.62 bits per heavy atom. The van der Waals surface area contributed by atoms with Crippen LogP contribution in [0, 0.1) is 5.41 Å². The summed E-state index contributed by atoms with van der Waals surface area (Å²) >= 11 is 2.86. The lowest BCUT2D eigenvalue weighted by atomic mass is 10.0. The quantitative estimate of drug-likeness (QED) is 0.872. The number of nitrogens with one attached hydrogen (secondary N) is 1. The number of thiophene rings is 1. The highest BCUT2D eigenvalue weighted by Gasteiger charge is 2.22. The van der Waals surface area contributed by atoms with E-state index in [4.69, 9.17) is 5.73 Å². The summed E-state index contributed by atoms with van der Waals surface area (Å²) in [5, 5.41) is 2.25. The summed E-state index contributed by atoms with van der Waals surface area (Å²) in [6.07, 6.45) is 0. The van der Waals surface area contributed by atoms with Gasteiger partial charge >= 0.3 is 0 Å². The van der Waals surface area contributed by atoms with Gasteiger partial charge in [0.1, 0.15) is 0 Å². The highest BCUT2D eigenvalue weighted by Crippen LogP contribution is 2.31. The molecule has 0 radical (unpaired) electrons. The second-order valence-electron chi connectivity index (χ2n) is 5.93. The van der Waals surface area contributed by atoms with Gasteiger partial charge in [-0.05, 0) is 17.5 Å². The number of nitrogens with zero attached hydrogens (tertiary/aromatic N) is 1. The molecule has 0 saturated heterocycles. The topological polar surface area (TPSA) is 85.1 Å². The minimum atomic E-state index is -3.38.